The van der Waals surface area contributed by atoms with E-state index in [1.807, 2.05) is 54.6 Å². The van der Waals surface area contributed by atoms with Crippen LogP contribution >= 0.6 is 11.6 Å². The van der Waals surface area contributed by atoms with Gasteiger partial charge in [0.1, 0.15) is 5.82 Å². The summed E-state index contributed by atoms with van der Waals surface area (Å²) in [5.41, 5.74) is 4.12. The van der Waals surface area contributed by atoms with Gasteiger partial charge >= 0.3 is 0 Å². The molecule has 9 heteroatoms. The molecule has 4 aromatic rings. The molecule has 2 N–H and O–H groups in total. The number of benzene rings is 3. The number of halogens is 1. The lowest BCUT2D eigenvalue weighted by Gasteiger charge is -2.34. The lowest BCUT2D eigenvalue weighted by molar-refractivity contribution is -0.116. The van der Waals surface area contributed by atoms with E-state index in [4.69, 9.17) is 25.8 Å². The van der Waals surface area contributed by atoms with E-state index in [1.165, 1.54) is 4.68 Å². The van der Waals surface area contributed by atoms with Crippen LogP contribution in [0.25, 0.3) is 5.69 Å². The fourth-order valence-electron chi connectivity index (χ4n) is 5.81. The molecule has 1 aliphatic heterocycles. The number of ketones is 1. The number of carbonyl (C=O) groups excluding carboxylic acids is 1. The Bertz CT molecular complexity index is 1660. The molecule has 2 heterocycles. The van der Waals surface area contributed by atoms with E-state index in [0.717, 1.165) is 16.8 Å². The number of fused-ring (bicyclic) bond motifs is 1. The highest BCUT2D eigenvalue weighted by Crippen LogP contribution is 2.49. The summed E-state index contributed by atoms with van der Waals surface area (Å²) in [5.74, 6) is 1.45. The summed E-state index contributed by atoms with van der Waals surface area (Å²) >= 11 is 6.20. The van der Waals surface area contributed by atoms with Crippen LogP contribution in [0.2, 0.25) is 5.02 Å². The van der Waals surface area contributed by atoms with Gasteiger partial charge in [0.25, 0.3) is 5.56 Å². The van der Waals surface area contributed by atoms with E-state index >= 15 is 0 Å². The van der Waals surface area contributed by atoms with Gasteiger partial charge in [0.2, 0.25) is 5.75 Å². The van der Waals surface area contributed by atoms with Crippen LogP contribution in [0.15, 0.2) is 82.8 Å². The first kappa shape index (κ1) is 25.8. The summed E-state index contributed by atoms with van der Waals surface area (Å²) in [6, 6.07) is 20.5. The molecule has 0 amide bonds. The molecule has 0 saturated carbocycles. The Balaban J connectivity index is 1.48. The third-order valence-corrected chi connectivity index (χ3v) is 7.92. The number of nitrogens with one attached hydrogen (secondary N) is 2. The highest BCUT2D eigenvalue weighted by molar-refractivity contribution is 6.30. The van der Waals surface area contributed by atoms with Crippen LogP contribution in [0.4, 0.5) is 5.82 Å². The first-order valence-corrected chi connectivity index (χ1v) is 13.3. The second-order valence-corrected chi connectivity index (χ2v) is 10.3. The van der Waals surface area contributed by atoms with Gasteiger partial charge in [-0.05, 0) is 59.9 Å². The molecule has 204 valence electrons. The van der Waals surface area contributed by atoms with Crippen molar-refractivity contribution in [2.45, 2.75) is 24.7 Å². The minimum absolute atomic E-state index is 0.0232. The Morgan fingerprint density at radius 2 is 1.52 bits per heavy atom. The molecule has 0 fully saturated rings. The van der Waals surface area contributed by atoms with Gasteiger partial charge in [0.15, 0.2) is 17.3 Å². The monoisotopic (exact) mass is 557 g/mol. The van der Waals surface area contributed by atoms with Gasteiger partial charge in [-0.1, -0.05) is 41.9 Å². The van der Waals surface area contributed by atoms with Gasteiger partial charge in [0, 0.05) is 28.6 Å². The van der Waals surface area contributed by atoms with Crippen molar-refractivity contribution in [2.75, 3.05) is 26.6 Å². The first-order valence-electron chi connectivity index (χ1n) is 12.9. The predicted octanol–water partition coefficient (Wildman–Crippen LogP) is 5.80. The number of carbonyl (C=O) groups is 1. The van der Waals surface area contributed by atoms with Crippen LogP contribution in [0, 0.1) is 0 Å². The Morgan fingerprint density at radius 3 is 2.15 bits per heavy atom. The largest absolute Gasteiger partial charge is 0.493 e. The average molecular weight is 558 g/mol. The van der Waals surface area contributed by atoms with Gasteiger partial charge in [-0.2, -0.15) is 0 Å². The number of nitrogens with zero attached hydrogens (tertiary/aromatic N) is 1. The molecule has 1 aromatic heterocycles. The van der Waals surface area contributed by atoms with Crippen molar-refractivity contribution in [2.24, 2.45) is 0 Å². The van der Waals surface area contributed by atoms with E-state index in [9.17, 15) is 9.59 Å². The maximum atomic E-state index is 14.0. The lowest BCUT2D eigenvalue weighted by Crippen LogP contribution is -2.32. The minimum Gasteiger partial charge on any atom is -0.493 e. The maximum Gasteiger partial charge on any atom is 0.277 e. The highest BCUT2D eigenvalue weighted by atomic mass is 35.5. The zero-order valence-corrected chi connectivity index (χ0v) is 23.0. The standard InChI is InChI=1S/C31H28ClN3O5/c1-38-24-15-19(16-25(39-2)29(24)40-3)18-13-22-27(23(36)14-18)26(17-9-11-20(32)12-10-17)28-30(33-22)34-35(31(28)37)21-7-5-4-6-8-21/h4-12,15-16,18,26,33-34H,13-14H2,1-3H3. The fraction of sp³-hybridized carbons (Fsp3) is 0.226. The number of methoxy groups -OCH3 is 3. The number of para-hydroxylation sites is 1. The smallest absolute Gasteiger partial charge is 0.277 e. The van der Waals surface area contributed by atoms with Crippen LogP contribution in [-0.4, -0.2) is 36.9 Å². The number of Topliss-reactive ketones (excluding diaryl/α,β-unsaturated/α-hetero) is 1. The molecule has 6 rings (SSSR count). The number of allylic oxidation sites excluding steroid dienone is 2. The average Bonchev–Trinajstić information content (AvgIpc) is 3.31. The number of aromatic nitrogens is 2. The van der Waals surface area contributed by atoms with Crippen LogP contribution in [-0.2, 0) is 4.79 Å². The summed E-state index contributed by atoms with van der Waals surface area (Å²) in [7, 11) is 4.70. The zero-order valence-electron chi connectivity index (χ0n) is 22.3. The minimum atomic E-state index is -0.536. The second-order valence-electron chi connectivity index (χ2n) is 9.87. The van der Waals surface area contributed by atoms with Gasteiger partial charge < -0.3 is 19.5 Å². The number of H-pyrrole nitrogens is 1. The van der Waals surface area contributed by atoms with Gasteiger partial charge in [-0.25, -0.2) is 4.68 Å². The number of ether oxygens (including phenoxy) is 3. The second kappa shape index (κ2) is 10.3. The molecule has 1 aliphatic carbocycles. The quantitative estimate of drug-likeness (QED) is 0.311. The van der Waals surface area contributed by atoms with Gasteiger partial charge in [-0.3, -0.25) is 14.7 Å². The molecular formula is C31H28ClN3O5. The van der Waals surface area contributed by atoms with Crippen molar-refractivity contribution in [3.05, 3.63) is 110 Å². The maximum absolute atomic E-state index is 14.0. The number of aromatic amines is 1. The van der Waals surface area contributed by atoms with E-state index < -0.39 is 5.92 Å². The Morgan fingerprint density at radius 1 is 0.850 bits per heavy atom. The summed E-state index contributed by atoms with van der Waals surface area (Å²) in [4.78, 5) is 27.8. The zero-order chi connectivity index (χ0) is 28.0. The third kappa shape index (κ3) is 4.25. The number of rotatable bonds is 6. The van der Waals surface area contributed by atoms with E-state index in [0.29, 0.717) is 51.3 Å². The normalized spacial score (nSPS) is 18.1. The summed E-state index contributed by atoms with van der Waals surface area (Å²) < 4.78 is 18.1. The highest BCUT2D eigenvalue weighted by Gasteiger charge is 2.41. The van der Waals surface area contributed by atoms with Crippen LogP contribution < -0.4 is 25.1 Å². The Labute approximate surface area is 236 Å². The first-order chi connectivity index (χ1) is 19.4. The number of anilines is 1. The van der Waals surface area contributed by atoms with Gasteiger partial charge in [0.05, 0.1) is 32.6 Å². The van der Waals surface area contributed by atoms with E-state index in [2.05, 4.69) is 10.4 Å². The van der Waals surface area contributed by atoms with Crippen LogP contribution in [0.5, 0.6) is 17.2 Å². The molecule has 40 heavy (non-hydrogen) atoms. The number of hydrogen-bond donors (Lipinski definition) is 2. The number of hydrogen-bond acceptors (Lipinski definition) is 6. The predicted molar refractivity (Wildman–Crippen MR) is 153 cm³/mol. The molecular weight excluding hydrogens is 530 g/mol. The SMILES string of the molecule is COc1cc(C2CC(=O)C3=C(C2)Nc2[nH]n(-c4ccccc4)c(=O)c2C3c2ccc(Cl)cc2)cc(OC)c1OC. The molecule has 0 saturated heterocycles. The third-order valence-electron chi connectivity index (χ3n) is 7.66. The van der Waals surface area contributed by atoms with Crippen molar-refractivity contribution < 1.29 is 19.0 Å². The van der Waals surface area contributed by atoms with Crippen molar-refractivity contribution in [3.63, 3.8) is 0 Å². The van der Waals surface area contributed by atoms with E-state index in [-0.39, 0.29) is 23.7 Å². The molecule has 2 aliphatic rings. The van der Waals surface area contributed by atoms with E-state index in [1.54, 1.807) is 33.5 Å². The van der Waals surface area contributed by atoms with Gasteiger partial charge in [-0.15, -0.1) is 0 Å². The summed E-state index contributed by atoms with van der Waals surface area (Å²) in [6.07, 6.45) is 0.831. The molecule has 2 unspecified atom stereocenters. The molecule has 0 spiro atoms. The molecule has 3 aromatic carbocycles. The Hall–Kier alpha value is -4.43. The summed E-state index contributed by atoms with van der Waals surface area (Å²) in [6.45, 7) is 0. The lowest BCUT2D eigenvalue weighted by atomic mass is 9.72. The van der Waals surface area contributed by atoms with Crippen molar-refractivity contribution in [3.8, 4) is 22.9 Å². The fourth-order valence-corrected chi connectivity index (χ4v) is 5.94. The van der Waals surface area contributed by atoms with Crippen LogP contribution in [0.1, 0.15) is 41.4 Å². The van der Waals surface area contributed by atoms with Crippen LogP contribution in [0.3, 0.4) is 0 Å². The summed E-state index contributed by atoms with van der Waals surface area (Å²) in [5, 5.41) is 7.25. The molecule has 0 bridgehead atoms. The van der Waals surface area contributed by atoms with Crippen molar-refractivity contribution in [1.82, 2.24) is 9.78 Å². The topological polar surface area (TPSA) is 94.6 Å². The molecule has 2 atom stereocenters. The molecule has 8 nitrogen and oxygen atoms in total. The van der Waals surface area contributed by atoms with Crippen molar-refractivity contribution in [1.29, 1.82) is 0 Å². The van der Waals surface area contributed by atoms with Crippen molar-refractivity contribution >= 4 is 23.2 Å². The molecule has 0 radical (unpaired) electrons. The Kier molecular flexibility index (Phi) is 6.64.